The van der Waals surface area contributed by atoms with Gasteiger partial charge in [-0.05, 0) is 29.3 Å². The first kappa shape index (κ1) is 28.7. The molecule has 10 N–H and O–H groups in total. The lowest BCUT2D eigenvalue weighted by Gasteiger charge is -2.21. The minimum Gasteiger partial charge on any atom is -0.508 e. The molecule has 13 nitrogen and oxygen atoms in total. The number of carbonyl (C=O) groups excluding carboxylic acids is 4. The van der Waals surface area contributed by atoms with Crippen LogP contribution in [0, 0.1) is 0 Å². The van der Waals surface area contributed by atoms with Crippen molar-refractivity contribution in [3.05, 3.63) is 65.9 Å². The number of phenols is 1. The third-order valence-electron chi connectivity index (χ3n) is 5.92. The van der Waals surface area contributed by atoms with Crippen LogP contribution in [-0.2, 0) is 36.8 Å². The van der Waals surface area contributed by atoms with E-state index >= 15 is 0 Å². The average Bonchev–Trinajstić information content (AvgIpc) is 3.30. The molecule has 3 atom stereocenters. The van der Waals surface area contributed by atoms with Gasteiger partial charge in [-0.2, -0.15) is 0 Å². The molecule has 39 heavy (non-hydrogen) atoms. The molecule has 0 saturated heterocycles. The number of aliphatic carboxylic acids is 1. The molecule has 0 aliphatic heterocycles. The number of amides is 4. The first-order valence-corrected chi connectivity index (χ1v) is 12.0. The number of aromatic hydroxyl groups is 1. The number of benzene rings is 2. The van der Waals surface area contributed by atoms with E-state index in [-0.39, 0.29) is 18.6 Å². The minimum atomic E-state index is -1.28. The maximum Gasteiger partial charge on any atom is 0.326 e. The van der Waals surface area contributed by atoms with Crippen molar-refractivity contribution in [2.45, 2.75) is 37.4 Å². The number of nitrogens with one attached hydrogen (secondary N) is 4. The van der Waals surface area contributed by atoms with Crippen molar-refractivity contribution < 1.29 is 34.2 Å². The molecular weight excluding hydrogens is 508 g/mol. The second-order valence-corrected chi connectivity index (χ2v) is 8.95. The fourth-order valence-electron chi connectivity index (χ4n) is 3.92. The fourth-order valence-corrected chi connectivity index (χ4v) is 3.92. The second kappa shape index (κ2) is 13.1. The number of carboxylic acid groups (broad SMARTS) is 1. The quantitative estimate of drug-likeness (QED) is 0.135. The number of phenolic OH excluding ortho intramolecular Hbond substituents is 1. The van der Waals surface area contributed by atoms with E-state index in [9.17, 15) is 34.2 Å². The van der Waals surface area contributed by atoms with Crippen molar-refractivity contribution in [1.82, 2.24) is 20.9 Å². The summed E-state index contributed by atoms with van der Waals surface area (Å²) in [4.78, 5) is 64.0. The number of H-pyrrole nitrogens is 1. The second-order valence-electron chi connectivity index (χ2n) is 8.95. The van der Waals surface area contributed by atoms with E-state index in [4.69, 9.17) is 11.5 Å². The first-order chi connectivity index (χ1) is 18.5. The predicted molar refractivity (Wildman–Crippen MR) is 140 cm³/mol. The summed E-state index contributed by atoms with van der Waals surface area (Å²) >= 11 is 0. The lowest BCUT2D eigenvalue weighted by molar-refractivity contribution is -0.141. The highest BCUT2D eigenvalue weighted by molar-refractivity contribution is 5.94. The number of carboxylic acids is 1. The lowest BCUT2D eigenvalue weighted by atomic mass is 10.0. The maximum atomic E-state index is 13.0. The van der Waals surface area contributed by atoms with Gasteiger partial charge in [-0.3, -0.25) is 19.2 Å². The van der Waals surface area contributed by atoms with Crippen molar-refractivity contribution in [3.8, 4) is 5.75 Å². The predicted octanol–water partition coefficient (Wildman–Crippen LogP) is -0.968. The van der Waals surface area contributed by atoms with Crippen molar-refractivity contribution in [2.75, 3.05) is 6.54 Å². The van der Waals surface area contributed by atoms with Crippen LogP contribution in [0.25, 0.3) is 10.9 Å². The maximum absolute atomic E-state index is 13.0. The molecule has 3 rings (SSSR count). The van der Waals surface area contributed by atoms with Gasteiger partial charge in [0, 0.05) is 29.9 Å². The van der Waals surface area contributed by atoms with Gasteiger partial charge in [-0.25, -0.2) is 4.79 Å². The molecule has 3 unspecified atom stereocenters. The summed E-state index contributed by atoms with van der Waals surface area (Å²) in [5, 5.41) is 27.0. The van der Waals surface area contributed by atoms with Crippen LogP contribution in [0.15, 0.2) is 54.7 Å². The molecule has 0 fully saturated rings. The summed E-state index contributed by atoms with van der Waals surface area (Å²) in [6.07, 6.45) is 1.25. The number of hydrogen-bond donors (Lipinski definition) is 8. The summed E-state index contributed by atoms with van der Waals surface area (Å²) in [5.74, 6) is -4.32. The Kier molecular flexibility index (Phi) is 9.59. The van der Waals surface area contributed by atoms with E-state index in [0.29, 0.717) is 11.1 Å². The van der Waals surface area contributed by atoms with Gasteiger partial charge in [0.25, 0.3) is 0 Å². The summed E-state index contributed by atoms with van der Waals surface area (Å²) < 4.78 is 0. The molecule has 2 aromatic carbocycles. The monoisotopic (exact) mass is 538 g/mol. The number of fused-ring (bicyclic) bond motifs is 1. The molecular formula is C26H30N6O7. The van der Waals surface area contributed by atoms with Gasteiger partial charge in [0.2, 0.25) is 23.6 Å². The van der Waals surface area contributed by atoms with Gasteiger partial charge in [-0.1, -0.05) is 30.3 Å². The fraction of sp³-hybridized carbons (Fsp3) is 0.269. The number of aromatic nitrogens is 1. The summed E-state index contributed by atoms with van der Waals surface area (Å²) in [5.41, 5.74) is 12.9. The smallest absolute Gasteiger partial charge is 0.326 e. The number of rotatable bonds is 13. The zero-order valence-corrected chi connectivity index (χ0v) is 20.8. The van der Waals surface area contributed by atoms with Crippen LogP contribution in [0.3, 0.4) is 0 Å². The highest BCUT2D eigenvalue weighted by Gasteiger charge is 2.27. The van der Waals surface area contributed by atoms with Crippen LogP contribution in [0.5, 0.6) is 5.75 Å². The van der Waals surface area contributed by atoms with E-state index in [2.05, 4.69) is 20.9 Å². The van der Waals surface area contributed by atoms with E-state index in [0.717, 1.165) is 10.9 Å². The first-order valence-electron chi connectivity index (χ1n) is 12.0. The Bertz CT molecular complexity index is 1350. The topological polar surface area (TPSA) is 230 Å². The highest BCUT2D eigenvalue weighted by atomic mass is 16.4. The Morgan fingerprint density at radius 3 is 2.26 bits per heavy atom. The van der Waals surface area contributed by atoms with Crippen LogP contribution in [0.4, 0.5) is 0 Å². The highest BCUT2D eigenvalue weighted by Crippen LogP contribution is 2.19. The SMILES string of the molecule is NC(=O)CC(N)C(=O)NC(Cc1c[nH]c2ccccc12)C(=O)NCC(=O)NC(Cc1ccc(O)cc1)C(=O)O. The Hall–Kier alpha value is -4.91. The van der Waals surface area contributed by atoms with Gasteiger partial charge < -0.3 is 42.6 Å². The van der Waals surface area contributed by atoms with E-state index in [1.165, 1.54) is 24.3 Å². The number of carbonyl (C=O) groups is 5. The summed E-state index contributed by atoms with van der Waals surface area (Å²) in [6.45, 7) is -0.564. The molecule has 0 saturated carbocycles. The van der Waals surface area contributed by atoms with Gasteiger partial charge in [0.05, 0.1) is 19.0 Å². The lowest BCUT2D eigenvalue weighted by Crippen LogP contribution is -2.54. The molecule has 206 valence electrons. The number of para-hydroxylation sites is 1. The van der Waals surface area contributed by atoms with Crippen LogP contribution in [0.1, 0.15) is 17.5 Å². The number of nitrogens with two attached hydrogens (primary N) is 2. The summed E-state index contributed by atoms with van der Waals surface area (Å²) in [6, 6.07) is 9.45. The zero-order valence-electron chi connectivity index (χ0n) is 20.8. The van der Waals surface area contributed by atoms with Gasteiger partial charge in [0.1, 0.15) is 17.8 Å². The minimum absolute atomic E-state index is 0.0160. The molecule has 13 heteroatoms. The van der Waals surface area contributed by atoms with Gasteiger partial charge in [0.15, 0.2) is 0 Å². The number of hydrogen-bond acceptors (Lipinski definition) is 7. The Balaban J connectivity index is 1.67. The molecule has 1 heterocycles. The molecule has 4 amide bonds. The Morgan fingerprint density at radius 1 is 0.897 bits per heavy atom. The van der Waals surface area contributed by atoms with Crippen molar-refractivity contribution in [2.24, 2.45) is 11.5 Å². The Labute approximate surface area is 222 Å². The van der Waals surface area contributed by atoms with Crippen molar-refractivity contribution in [3.63, 3.8) is 0 Å². The Morgan fingerprint density at radius 2 is 1.59 bits per heavy atom. The van der Waals surface area contributed by atoms with E-state index < -0.39 is 60.7 Å². The molecule has 0 spiro atoms. The van der Waals surface area contributed by atoms with Crippen LogP contribution >= 0.6 is 0 Å². The standard InChI is InChI=1S/C26H30N6O7/c27-18(11-22(28)34)24(36)32-20(10-15-12-29-19-4-2-1-3-17(15)19)25(37)30-13-23(35)31-21(26(38)39)9-14-5-7-16(33)8-6-14/h1-8,12,18,20-21,29,33H,9-11,13,27H2,(H2,28,34)(H,30,37)(H,31,35)(H,32,36)(H,38,39). The zero-order chi connectivity index (χ0) is 28.5. The van der Waals surface area contributed by atoms with Crippen LogP contribution in [-0.4, -0.2) is 69.5 Å². The van der Waals surface area contributed by atoms with Crippen molar-refractivity contribution in [1.29, 1.82) is 0 Å². The molecule has 0 bridgehead atoms. The van der Waals surface area contributed by atoms with E-state index in [1.807, 2.05) is 24.3 Å². The summed E-state index contributed by atoms with van der Waals surface area (Å²) in [7, 11) is 0. The van der Waals surface area contributed by atoms with Crippen LogP contribution in [0.2, 0.25) is 0 Å². The normalized spacial score (nSPS) is 13.2. The molecule has 1 aromatic heterocycles. The largest absolute Gasteiger partial charge is 0.508 e. The van der Waals surface area contributed by atoms with E-state index in [1.54, 1.807) is 6.20 Å². The third kappa shape index (κ3) is 8.30. The number of aromatic amines is 1. The number of primary amides is 1. The molecule has 3 aromatic rings. The molecule has 0 aliphatic rings. The van der Waals surface area contributed by atoms with Crippen LogP contribution < -0.4 is 27.4 Å². The molecule has 0 radical (unpaired) electrons. The third-order valence-corrected chi connectivity index (χ3v) is 5.92. The van der Waals surface area contributed by atoms with Crippen molar-refractivity contribution >= 4 is 40.5 Å². The van der Waals surface area contributed by atoms with Gasteiger partial charge >= 0.3 is 5.97 Å². The molecule has 0 aliphatic carbocycles. The average molecular weight is 539 g/mol. The van der Waals surface area contributed by atoms with Gasteiger partial charge in [-0.15, -0.1) is 0 Å².